The van der Waals surface area contributed by atoms with E-state index in [0.29, 0.717) is 5.54 Å². The number of nitrogens with zero attached hydrogens (tertiary/aromatic N) is 1. The molecule has 0 radical (unpaired) electrons. The normalized spacial score (nSPS) is 18.0. The van der Waals surface area contributed by atoms with Crippen molar-refractivity contribution in [3.05, 3.63) is 0 Å². The van der Waals surface area contributed by atoms with E-state index in [-0.39, 0.29) is 0 Å². The molecule has 0 saturated carbocycles. The van der Waals surface area contributed by atoms with Gasteiger partial charge in [0.15, 0.2) is 0 Å². The molecule has 0 amide bonds. The van der Waals surface area contributed by atoms with Crippen LogP contribution in [0.2, 0.25) is 5.54 Å². The van der Waals surface area contributed by atoms with E-state index >= 15 is 0 Å². The molecule has 62 valence electrons. The summed E-state index contributed by atoms with van der Waals surface area (Å²) in [5.41, 5.74) is 0.522. The molecule has 0 aromatic heterocycles. The fourth-order valence-corrected chi connectivity index (χ4v) is 3.09. The molecule has 0 aliphatic rings. The Morgan fingerprint density at radius 3 is 1.80 bits per heavy atom. The zero-order chi connectivity index (χ0) is 8.36. The molecule has 10 heavy (non-hydrogen) atoms. The molecule has 0 aromatic carbocycles. The summed E-state index contributed by atoms with van der Waals surface area (Å²) in [6.07, 6.45) is 0. The lowest BCUT2D eigenvalue weighted by molar-refractivity contribution is 0.594. The maximum atomic E-state index is 6.35. The van der Waals surface area contributed by atoms with Gasteiger partial charge in [0.1, 0.15) is 0 Å². The van der Waals surface area contributed by atoms with Gasteiger partial charge in [-0.05, 0) is 26.7 Å². The zero-order valence-electron chi connectivity index (χ0n) is 7.40. The molecule has 0 heterocycles. The lowest BCUT2D eigenvalue weighted by Crippen LogP contribution is -2.57. The van der Waals surface area contributed by atoms with Crippen LogP contribution in [0.5, 0.6) is 0 Å². The van der Waals surface area contributed by atoms with E-state index in [1.807, 2.05) is 21.1 Å². The first-order chi connectivity index (χ1) is 4.45. The van der Waals surface area contributed by atoms with Crippen LogP contribution in [-0.2, 0) is 0 Å². The number of hydrogen-bond acceptors (Lipinski definition) is 2. The Kier molecular flexibility index (Phi) is 3.87. The van der Waals surface area contributed by atoms with Crippen molar-refractivity contribution in [3.8, 4) is 0 Å². The van der Waals surface area contributed by atoms with Crippen LogP contribution in [0.1, 0.15) is 13.8 Å². The molecule has 1 atom stereocenters. The van der Waals surface area contributed by atoms with Crippen molar-refractivity contribution in [1.82, 2.24) is 9.55 Å². The van der Waals surface area contributed by atoms with Gasteiger partial charge in [0.05, 0.1) is 0 Å². The Labute approximate surface area is 69.4 Å². The summed E-state index contributed by atoms with van der Waals surface area (Å²) in [6, 6.07) is 0. The maximum Gasteiger partial charge on any atom is 0.306 e. The molecule has 0 aliphatic heterocycles. The van der Waals surface area contributed by atoms with Crippen LogP contribution in [0, 0.1) is 0 Å². The maximum absolute atomic E-state index is 6.35. The van der Waals surface area contributed by atoms with Crippen molar-refractivity contribution in [1.29, 1.82) is 0 Å². The van der Waals surface area contributed by atoms with Crippen LogP contribution in [0.15, 0.2) is 0 Å². The lowest BCUT2D eigenvalue weighted by Gasteiger charge is -2.33. The molecule has 0 bridgehead atoms. The smallest absolute Gasteiger partial charge is 0.306 e. The predicted octanol–water partition coefficient (Wildman–Crippen LogP) is 1.36. The van der Waals surface area contributed by atoms with E-state index in [1.165, 1.54) is 0 Å². The molecule has 0 saturated heterocycles. The highest BCUT2D eigenvalue weighted by Gasteiger charge is 2.36. The van der Waals surface area contributed by atoms with Gasteiger partial charge >= 0.3 is 7.71 Å². The van der Waals surface area contributed by atoms with E-state index < -0.39 is 7.71 Å². The predicted molar refractivity (Wildman–Crippen MR) is 49.5 cm³/mol. The third-order valence-corrected chi connectivity index (χ3v) is 8.19. The summed E-state index contributed by atoms with van der Waals surface area (Å²) in [7, 11) is 4.15. The second kappa shape index (κ2) is 3.71. The van der Waals surface area contributed by atoms with Crippen molar-refractivity contribution in [3.63, 3.8) is 0 Å². The Morgan fingerprint density at radius 2 is 1.80 bits per heavy atom. The van der Waals surface area contributed by atoms with Crippen molar-refractivity contribution in [2.75, 3.05) is 21.1 Å². The van der Waals surface area contributed by atoms with Gasteiger partial charge in [-0.25, -0.2) is 0 Å². The minimum atomic E-state index is -1.82. The SMILES string of the molecule is CN[Si](Cl)(C(C)C)N(C)C. The monoisotopic (exact) mass is 180 g/mol. The molecular weight excluding hydrogens is 164 g/mol. The molecule has 0 fully saturated rings. The molecule has 2 nitrogen and oxygen atoms in total. The van der Waals surface area contributed by atoms with Crippen LogP contribution in [0.25, 0.3) is 0 Å². The van der Waals surface area contributed by atoms with Gasteiger partial charge in [-0.15, -0.1) is 11.1 Å². The van der Waals surface area contributed by atoms with Crippen LogP contribution in [0.4, 0.5) is 0 Å². The summed E-state index contributed by atoms with van der Waals surface area (Å²) >= 11 is 6.35. The van der Waals surface area contributed by atoms with Gasteiger partial charge in [0.25, 0.3) is 0 Å². The van der Waals surface area contributed by atoms with Crippen molar-refractivity contribution in [2.45, 2.75) is 19.4 Å². The molecular formula is C6H17ClN2Si. The van der Waals surface area contributed by atoms with Gasteiger partial charge in [-0.3, -0.25) is 0 Å². The summed E-state index contributed by atoms with van der Waals surface area (Å²) in [5, 5.41) is 0. The van der Waals surface area contributed by atoms with E-state index in [9.17, 15) is 0 Å². The molecule has 1 N–H and O–H groups in total. The van der Waals surface area contributed by atoms with Gasteiger partial charge in [0, 0.05) is 0 Å². The summed E-state index contributed by atoms with van der Waals surface area (Å²) < 4.78 is 2.11. The number of nitrogens with one attached hydrogen (secondary N) is 1. The fraction of sp³-hybridized carbons (Fsp3) is 1.00. The first-order valence-electron chi connectivity index (χ1n) is 3.50. The van der Waals surface area contributed by atoms with Gasteiger partial charge in [0.2, 0.25) is 0 Å². The van der Waals surface area contributed by atoms with Crippen LogP contribution >= 0.6 is 11.1 Å². The number of hydrogen-bond donors (Lipinski definition) is 1. The molecule has 0 aromatic rings. The molecule has 0 aliphatic carbocycles. The zero-order valence-corrected chi connectivity index (χ0v) is 9.16. The standard InChI is InChI=1S/C6H17ClN2Si/c1-6(2)10(7,8-3)9(4)5/h6,8H,1-5H3. The molecule has 0 rings (SSSR count). The summed E-state index contributed by atoms with van der Waals surface area (Å²) in [5.74, 6) is 0. The molecule has 4 heteroatoms. The highest BCUT2D eigenvalue weighted by molar-refractivity contribution is 7.17. The van der Waals surface area contributed by atoms with Crippen molar-refractivity contribution >= 4 is 18.8 Å². The van der Waals surface area contributed by atoms with Crippen LogP contribution in [-0.4, -0.2) is 33.4 Å². The summed E-state index contributed by atoms with van der Waals surface area (Å²) in [4.78, 5) is 3.21. The fourth-order valence-electron chi connectivity index (χ4n) is 1.03. The topological polar surface area (TPSA) is 15.3 Å². The van der Waals surface area contributed by atoms with Gasteiger partial charge in [-0.1, -0.05) is 13.8 Å². The third-order valence-electron chi connectivity index (χ3n) is 1.77. The Hall–Kier alpha value is 0.427. The average molecular weight is 181 g/mol. The minimum Gasteiger partial charge on any atom is -0.316 e. The Morgan fingerprint density at radius 1 is 1.40 bits per heavy atom. The minimum absolute atomic E-state index is 0.522. The highest BCUT2D eigenvalue weighted by Crippen LogP contribution is 2.22. The first-order valence-corrected chi connectivity index (χ1v) is 6.54. The summed E-state index contributed by atoms with van der Waals surface area (Å²) in [6.45, 7) is 4.30. The molecule has 0 spiro atoms. The van der Waals surface area contributed by atoms with Gasteiger partial charge in [-0.2, -0.15) is 0 Å². The van der Waals surface area contributed by atoms with E-state index in [2.05, 4.69) is 23.4 Å². The first kappa shape index (κ1) is 10.4. The number of rotatable bonds is 3. The van der Waals surface area contributed by atoms with Gasteiger partial charge < -0.3 is 9.55 Å². The Balaban J connectivity index is 4.23. The molecule has 1 unspecified atom stereocenters. The number of halogens is 1. The quantitative estimate of drug-likeness (QED) is 0.521. The Bertz CT molecular complexity index is 97.9. The average Bonchev–Trinajstić information content (AvgIpc) is 1.85. The second-order valence-corrected chi connectivity index (χ2v) is 8.60. The van der Waals surface area contributed by atoms with E-state index in [0.717, 1.165) is 0 Å². The largest absolute Gasteiger partial charge is 0.316 e. The highest BCUT2D eigenvalue weighted by atomic mass is 35.6. The van der Waals surface area contributed by atoms with Crippen molar-refractivity contribution < 1.29 is 0 Å². The third kappa shape index (κ3) is 1.95. The van der Waals surface area contributed by atoms with Crippen molar-refractivity contribution in [2.24, 2.45) is 0 Å². The van der Waals surface area contributed by atoms with Crippen LogP contribution < -0.4 is 4.98 Å². The van der Waals surface area contributed by atoms with E-state index in [1.54, 1.807) is 0 Å². The van der Waals surface area contributed by atoms with Crippen LogP contribution in [0.3, 0.4) is 0 Å². The lowest BCUT2D eigenvalue weighted by atomic mass is 10.6. The second-order valence-electron chi connectivity index (χ2n) is 2.97. The van der Waals surface area contributed by atoms with E-state index in [4.69, 9.17) is 11.1 Å².